The third-order valence-electron chi connectivity index (χ3n) is 3.22. The fourth-order valence-corrected chi connectivity index (χ4v) is 3.29. The lowest BCUT2D eigenvalue weighted by atomic mass is 10.3. The lowest BCUT2D eigenvalue weighted by molar-refractivity contribution is -0.115. The summed E-state index contributed by atoms with van der Waals surface area (Å²) < 4.78 is 31.6. The molecule has 2 aromatic heterocycles. The van der Waals surface area contributed by atoms with Gasteiger partial charge in [0, 0.05) is 6.07 Å². The second-order valence-corrected chi connectivity index (χ2v) is 7.33. The molecule has 0 bridgehead atoms. The highest BCUT2D eigenvalue weighted by Gasteiger charge is 2.18. The van der Waals surface area contributed by atoms with E-state index in [-0.39, 0.29) is 5.69 Å². The van der Waals surface area contributed by atoms with E-state index in [0.717, 1.165) is 17.0 Å². The number of amides is 1. The van der Waals surface area contributed by atoms with Gasteiger partial charge in [-0.3, -0.25) is 4.79 Å². The van der Waals surface area contributed by atoms with E-state index in [2.05, 4.69) is 15.5 Å². The number of nitrogens with one attached hydrogen (secondary N) is 1. The summed E-state index contributed by atoms with van der Waals surface area (Å²) in [6, 6.07) is 6.77. The molecule has 0 spiro atoms. The van der Waals surface area contributed by atoms with Gasteiger partial charge in [0.15, 0.2) is 0 Å². The largest absolute Gasteiger partial charge is 0.338 e. The minimum atomic E-state index is -0.817. The average molecular weight is 381 g/mol. The Balaban J connectivity index is 1.55. The number of halogens is 2. The van der Waals surface area contributed by atoms with Gasteiger partial charge in [0.25, 0.3) is 0 Å². The third-order valence-corrected chi connectivity index (χ3v) is 5.22. The summed E-state index contributed by atoms with van der Waals surface area (Å²) in [6.45, 7) is 1.68. The lowest BCUT2D eigenvalue weighted by Gasteiger charge is -2.11. The molecule has 3 rings (SSSR count). The van der Waals surface area contributed by atoms with Gasteiger partial charge in [-0.15, -0.1) is 23.1 Å². The first kappa shape index (κ1) is 17.6. The number of nitrogens with zero attached hydrogens (tertiary/aromatic N) is 2. The molecule has 0 saturated heterocycles. The summed E-state index contributed by atoms with van der Waals surface area (Å²) in [6.07, 6.45) is 0. The fraction of sp³-hybridized carbons (Fsp3) is 0.188. The Bertz CT molecular complexity index is 868. The first-order valence-electron chi connectivity index (χ1n) is 7.27. The van der Waals surface area contributed by atoms with Crippen molar-refractivity contribution in [3.63, 3.8) is 0 Å². The Morgan fingerprint density at radius 2 is 2.24 bits per heavy atom. The maximum absolute atomic E-state index is 13.6. The highest BCUT2D eigenvalue weighted by Crippen LogP contribution is 2.24. The first-order chi connectivity index (χ1) is 12.0. The molecule has 1 amide bonds. The number of carbonyl (C=O) groups is 1. The van der Waals surface area contributed by atoms with Crippen LogP contribution in [0, 0.1) is 11.6 Å². The number of hydrogen-bond acceptors (Lipinski definition) is 6. The van der Waals surface area contributed by atoms with Crippen molar-refractivity contribution in [3.05, 3.63) is 53.2 Å². The normalized spacial score (nSPS) is 12.1. The summed E-state index contributed by atoms with van der Waals surface area (Å²) in [7, 11) is 0. The van der Waals surface area contributed by atoms with Crippen molar-refractivity contribution in [1.82, 2.24) is 10.1 Å². The summed E-state index contributed by atoms with van der Waals surface area (Å²) >= 11 is 2.78. The van der Waals surface area contributed by atoms with Crippen LogP contribution in [0.5, 0.6) is 0 Å². The van der Waals surface area contributed by atoms with Crippen LogP contribution in [-0.2, 0) is 10.5 Å². The van der Waals surface area contributed by atoms with Gasteiger partial charge in [-0.1, -0.05) is 11.2 Å². The minimum Gasteiger partial charge on any atom is -0.338 e. The number of benzene rings is 1. The van der Waals surface area contributed by atoms with E-state index in [1.54, 1.807) is 6.92 Å². The molecule has 0 saturated carbocycles. The molecule has 0 aliphatic rings. The predicted octanol–water partition coefficient (Wildman–Crippen LogP) is 4.34. The number of thioether (sulfide) groups is 1. The molecular formula is C16H13F2N3O2S2. The van der Waals surface area contributed by atoms with Crippen LogP contribution in [0.25, 0.3) is 10.7 Å². The van der Waals surface area contributed by atoms with E-state index in [4.69, 9.17) is 4.52 Å². The van der Waals surface area contributed by atoms with Crippen LogP contribution in [-0.4, -0.2) is 21.3 Å². The van der Waals surface area contributed by atoms with E-state index in [9.17, 15) is 13.6 Å². The average Bonchev–Trinajstić information content (AvgIpc) is 3.26. The van der Waals surface area contributed by atoms with Gasteiger partial charge in [0.2, 0.25) is 17.6 Å². The molecule has 2 heterocycles. The van der Waals surface area contributed by atoms with Gasteiger partial charge in [-0.05, 0) is 30.5 Å². The zero-order valence-corrected chi connectivity index (χ0v) is 14.7. The maximum Gasteiger partial charge on any atom is 0.237 e. The topological polar surface area (TPSA) is 68.0 Å². The molecule has 25 heavy (non-hydrogen) atoms. The van der Waals surface area contributed by atoms with E-state index in [0.29, 0.717) is 17.5 Å². The summed E-state index contributed by atoms with van der Waals surface area (Å²) in [4.78, 5) is 17.3. The number of thiophene rings is 1. The third kappa shape index (κ3) is 4.43. The Hall–Kier alpha value is -2.26. The summed E-state index contributed by atoms with van der Waals surface area (Å²) in [5.41, 5.74) is -0.0587. The molecule has 1 N–H and O–H groups in total. The van der Waals surface area contributed by atoms with Gasteiger partial charge in [-0.25, -0.2) is 8.78 Å². The standard InChI is InChI=1S/C16H13F2N3O2S2/c1-9(16(22)19-12-5-4-10(17)7-11(12)18)25-8-14-20-15(21-23-14)13-3-2-6-24-13/h2-7,9H,8H2,1H3,(H,19,22). The van der Waals surface area contributed by atoms with E-state index >= 15 is 0 Å². The molecule has 5 nitrogen and oxygen atoms in total. The van der Waals surface area contributed by atoms with Crippen LogP contribution in [0.15, 0.2) is 40.2 Å². The van der Waals surface area contributed by atoms with Crippen molar-refractivity contribution in [1.29, 1.82) is 0 Å². The quantitative estimate of drug-likeness (QED) is 0.688. The molecule has 3 aromatic rings. The number of aromatic nitrogens is 2. The fourth-order valence-electron chi connectivity index (χ4n) is 1.92. The van der Waals surface area contributed by atoms with Gasteiger partial charge < -0.3 is 9.84 Å². The molecule has 1 unspecified atom stereocenters. The number of anilines is 1. The Labute approximate surface area is 150 Å². The van der Waals surface area contributed by atoms with Crippen molar-refractivity contribution in [3.8, 4) is 10.7 Å². The van der Waals surface area contributed by atoms with Gasteiger partial charge in [0.05, 0.1) is 21.6 Å². The number of carbonyl (C=O) groups excluding carboxylic acids is 1. The highest BCUT2D eigenvalue weighted by molar-refractivity contribution is 7.99. The molecular weight excluding hydrogens is 368 g/mol. The van der Waals surface area contributed by atoms with Crippen LogP contribution >= 0.6 is 23.1 Å². The Kier molecular flexibility index (Phi) is 5.44. The molecule has 130 valence electrons. The van der Waals surface area contributed by atoms with Crippen LogP contribution in [0.1, 0.15) is 12.8 Å². The van der Waals surface area contributed by atoms with E-state index in [1.807, 2.05) is 17.5 Å². The minimum absolute atomic E-state index is 0.0587. The maximum atomic E-state index is 13.6. The molecule has 9 heteroatoms. The van der Waals surface area contributed by atoms with E-state index in [1.165, 1.54) is 29.2 Å². The Morgan fingerprint density at radius 1 is 1.40 bits per heavy atom. The molecule has 0 radical (unpaired) electrons. The van der Waals surface area contributed by atoms with Crippen molar-refractivity contribution >= 4 is 34.7 Å². The Morgan fingerprint density at radius 3 is 2.96 bits per heavy atom. The number of hydrogen-bond donors (Lipinski definition) is 1. The molecule has 1 aromatic carbocycles. The predicted molar refractivity (Wildman–Crippen MR) is 93.4 cm³/mol. The summed E-state index contributed by atoms with van der Waals surface area (Å²) in [5, 5.41) is 7.76. The van der Waals surface area contributed by atoms with Crippen molar-refractivity contribution in [2.24, 2.45) is 0 Å². The van der Waals surface area contributed by atoms with Crippen molar-refractivity contribution in [2.45, 2.75) is 17.9 Å². The smallest absolute Gasteiger partial charge is 0.237 e. The molecule has 0 aliphatic heterocycles. The second kappa shape index (κ2) is 7.75. The monoisotopic (exact) mass is 381 g/mol. The van der Waals surface area contributed by atoms with Gasteiger partial charge in [-0.2, -0.15) is 4.98 Å². The van der Waals surface area contributed by atoms with Crippen LogP contribution in [0.3, 0.4) is 0 Å². The van der Waals surface area contributed by atoms with Gasteiger partial charge >= 0.3 is 0 Å². The lowest BCUT2D eigenvalue weighted by Crippen LogP contribution is -2.23. The highest BCUT2D eigenvalue weighted by atomic mass is 32.2. The zero-order chi connectivity index (χ0) is 17.8. The molecule has 0 fully saturated rings. The van der Waals surface area contributed by atoms with Crippen molar-refractivity contribution in [2.75, 3.05) is 5.32 Å². The summed E-state index contributed by atoms with van der Waals surface area (Å²) in [5.74, 6) is -0.650. The SMILES string of the molecule is CC(SCc1nc(-c2cccs2)no1)C(=O)Nc1ccc(F)cc1F. The molecule has 1 atom stereocenters. The first-order valence-corrected chi connectivity index (χ1v) is 9.20. The zero-order valence-electron chi connectivity index (χ0n) is 13.0. The van der Waals surface area contributed by atoms with E-state index < -0.39 is 22.8 Å². The van der Waals surface area contributed by atoms with Crippen LogP contribution < -0.4 is 5.32 Å². The van der Waals surface area contributed by atoms with Crippen LogP contribution in [0.4, 0.5) is 14.5 Å². The molecule has 0 aliphatic carbocycles. The second-order valence-electron chi connectivity index (χ2n) is 5.06. The van der Waals surface area contributed by atoms with Crippen molar-refractivity contribution < 1.29 is 18.1 Å². The van der Waals surface area contributed by atoms with Crippen LogP contribution in [0.2, 0.25) is 0 Å². The number of rotatable bonds is 6. The van der Waals surface area contributed by atoms with Gasteiger partial charge in [0.1, 0.15) is 11.6 Å².